The van der Waals surface area contributed by atoms with E-state index < -0.39 is 43.7 Å². The zero-order valence-corrected chi connectivity index (χ0v) is 15.4. The molecule has 0 aliphatic carbocycles. The Hall–Kier alpha value is -1.86. The third-order valence-electron chi connectivity index (χ3n) is 3.31. The maximum atomic E-state index is 13.4. The molecule has 28 heavy (non-hydrogen) atoms. The Kier molecular flexibility index (Phi) is 5.76. The number of hydrogen-bond donors (Lipinski definition) is 1. The van der Waals surface area contributed by atoms with Gasteiger partial charge < -0.3 is 5.32 Å². The van der Waals surface area contributed by atoms with Gasteiger partial charge in [0.25, 0.3) is 0 Å². The summed E-state index contributed by atoms with van der Waals surface area (Å²) in [6, 6.07) is 5.35. The van der Waals surface area contributed by atoms with E-state index in [-0.39, 0.29) is 9.92 Å². The highest BCUT2D eigenvalue weighted by Gasteiger charge is 2.76. The van der Waals surface area contributed by atoms with Gasteiger partial charge in [0, 0.05) is 5.02 Å². The number of thiophene rings is 1. The minimum absolute atomic E-state index is 0.173. The first-order valence-corrected chi connectivity index (χ1v) is 9.58. The van der Waals surface area contributed by atoms with Crippen LogP contribution >= 0.6 is 22.9 Å². The van der Waals surface area contributed by atoms with E-state index in [4.69, 9.17) is 11.6 Å². The Morgan fingerprint density at radius 1 is 0.964 bits per heavy atom. The first-order valence-electron chi connectivity index (χ1n) is 6.84. The zero-order valence-electron chi connectivity index (χ0n) is 13.0. The lowest BCUT2D eigenvalue weighted by Crippen LogP contribution is -2.57. The molecular formula is C14H7ClF7NO3S2. The van der Waals surface area contributed by atoms with Gasteiger partial charge in [-0.3, -0.25) is 4.79 Å². The van der Waals surface area contributed by atoms with Gasteiger partial charge >= 0.3 is 23.9 Å². The molecule has 0 aliphatic heterocycles. The minimum Gasteiger partial charge on any atom is -0.311 e. The predicted octanol–water partition coefficient (Wildman–Crippen LogP) is 5.01. The summed E-state index contributed by atoms with van der Waals surface area (Å²) in [6.45, 7) is 0. The van der Waals surface area contributed by atoms with Gasteiger partial charge in [-0.25, -0.2) is 8.42 Å². The number of nitrogens with one attached hydrogen (secondary N) is 1. The lowest BCUT2D eigenvalue weighted by molar-refractivity contribution is -0.343. The zero-order chi connectivity index (χ0) is 21.5. The molecular weight excluding hydrogens is 463 g/mol. The molecule has 1 amide bonds. The molecule has 0 atom stereocenters. The number of amides is 1. The summed E-state index contributed by atoms with van der Waals surface area (Å²) in [5.74, 6) is -15.9. The van der Waals surface area contributed by atoms with Crippen LogP contribution in [0, 0.1) is 0 Å². The Bertz CT molecular complexity index is 985. The van der Waals surface area contributed by atoms with E-state index in [0.717, 1.165) is 28.9 Å². The molecule has 0 saturated heterocycles. The van der Waals surface area contributed by atoms with Crippen LogP contribution in [0.15, 0.2) is 45.5 Å². The second kappa shape index (κ2) is 7.19. The van der Waals surface area contributed by atoms with Crippen LogP contribution in [-0.4, -0.2) is 32.3 Å². The normalized spacial score (nSPS) is 13.4. The molecule has 2 rings (SSSR count). The lowest BCUT2D eigenvalue weighted by Gasteiger charge is -2.26. The van der Waals surface area contributed by atoms with Gasteiger partial charge in [0.15, 0.2) is 0 Å². The Balaban J connectivity index is 2.39. The standard InChI is InChI=1S/C14H7ClF7NO3S2/c15-7-1-3-8(4-2-7)28(25,26)9-5-6-27-10(9)23-11(24)12(16,17)13(18,19)14(20,21)22/h1-6H,(H,23,24). The van der Waals surface area contributed by atoms with E-state index in [0.29, 0.717) is 11.3 Å². The third-order valence-corrected chi connectivity index (χ3v) is 6.33. The summed E-state index contributed by atoms with van der Waals surface area (Å²) in [5.41, 5.74) is 0. The number of anilines is 1. The monoisotopic (exact) mass is 469 g/mol. The Morgan fingerprint density at radius 3 is 2.00 bits per heavy atom. The minimum atomic E-state index is -6.71. The van der Waals surface area contributed by atoms with Crippen LogP contribution in [0.1, 0.15) is 0 Å². The van der Waals surface area contributed by atoms with Gasteiger partial charge in [0.1, 0.15) is 9.90 Å². The second-order valence-electron chi connectivity index (χ2n) is 5.17. The average Bonchev–Trinajstić information content (AvgIpc) is 3.03. The molecule has 1 aromatic heterocycles. The molecule has 0 radical (unpaired) electrons. The summed E-state index contributed by atoms with van der Waals surface area (Å²) in [7, 11) is -4.42. The highest BCUT2D eigenvalue weighted by atomic mass is 35.5. The highest BCUT2D eigenvalue weighted by molar-refractivity contribution is 7.91. The van der Waals surface area contributed by atoms with Gasteiger partial charge in [0.05, 0.1) is 4.90 Å². The predicted molar refractivity (Wildman–Crippen MR) is 85.8 cm³/mol. The van der Waals surface area contributed by atoms with Crippen LogP contribution in [0.5, 0.6) is 0 Å². The number of rotatable bonds is 5. The Morgan fingerprint density at radius 2 is 1.50 bits per heavy atom. The van der Waals surface area contributed by atoms with Crippen molar-refractivity contribution in [3.8, 4) is 0 Å². The van der Waals surface area contributed by atoms with Gasteiger partial charge in [0.2, 0.25) is 9.84 Å². The van der Waals surface area contributed by atoms with Crippen LogP contribution < -0.4 is 5.32 Å². The third kappa shape index (κ3) is 3.82. The van der Waals surface area contributed by atoms with Crippen LogP contribution in [0.2, 0.25) is 5.02 Å². The number of hydrogen-bond acceptors (Lipinski definition) is 4. The van der Waals surface area contributed by atoms with Crippen molar-refractivity contribution in [2.45, 2.75) is 27.8 Å². The van der Waals surface area contributed by atoms with Gasteiger partial charge in [-0.2, -0.15) is 30.7 Å². The average molecular weight is 470 g/mol. The van der Waals surface area contributed by atoms with E-state index in [1.165, 1.54) is 12.1 Å². The van der Waals surface area contributed by atoms with Crippen molar-refractivity contribution in [3.05, 3.63) is 40.7 Å². The number of alkyl halides is 7. The lowest BCUT2D eigenvalue weighted by atomic mass is 10.1. The number of carbonyl (C=O) groups excluding carboxylic acids is 1. The molecule has 154 valence electrons. The maximum Gasteiger partial charge on any atom is 0.460 e. The van der Waals surface area contributed by atoms with Crippen molar-refractivity contribution in [3.63, 3.8) is 0 Å². The number of benzene rings is 1. The van der Waals surface area contributed by atoms with Crippen LogP contribution in [0.25, 0.3) is 0 Å². The highest BCUT2D eigenvalue weighted by Crippen LogP contribution is 2.47. The Labute approximate surface area is 161 Å². The van der Waals surface area contributed by atoms with Gasteiger partial charge in [-0.1, -0.05) is 11.6 Å². The van der Waals surface area contributed by atoms with Crippen molar-refractivity contribution < 1.29 is 43.9 Å². The summed E-state index contributed by atoms with van der Waals surface area (Å²) < 4.78 is 114. The first-order chi connectivity index (χ1) is 12.6. The second-order valence-corrected chi connectivity index (χ2v) is 8.44. The molecule has 0 bridgehead atoms. The largest absolute Gasteiger partial charge is 0.460 e. The molecule has 1 aromatic carbocycles. The molecule has 1 heterocycles. The quantitative estimate of drug-likeness (QED) is 0.626. The van der Waals surface area contributed by atoms with E-state index in [1.807, 2.05) is 0 Å². The number of sulfone groups is 1. The van der Waals surface area contributed by atoms with Gasteiger partial charge in [-0.15, -0.1) is 11.3 Å². The molecule has 0 spiro atoms. The smallest absolute Gasteiger partial charge is 0.311 e. The van der Waals surface area contributed by atoms with Crippen molar-refractivity contribution >= 4 is 43.7 Å². The number of halogens is 8. The molecule has 4 nitrogen and oxygen atoms in total. The fourth-order valence-corrected chi connectivity index (χ4v) is 4.50. The van der Waals surface area contributed by atoms with Crippen LogP contribution in [0.3, 0.4) is 0 Å². The summed E-state index contributed by atoms with van der Waals surface area (Å²) >= 11 is 5.96. The molecule has 0 fully saturated rings. The summed E-state index contributed by atoms with van der Waals surface area (Å²) in [4.78, 5) is 10.3. The molecule has 0 unspecified atom stereocenters. The molecule has 2 aromatic rings. The summed E-state index contributed by atoms with van der Waals surface area (Å²) in [5, 5.41) is 1.48. The SMILES string of the molecule is O=C(Nc1sccc1S(=O)(=O)c1ccc(Cl)cc1)C(F)(F)C(F)(F)C(F)(F)F. The molecule has 1 N–H and O–H groups in total. The topological polar surface area (TPSA) is 63.2 Å². The summed E-state index contributed by atoms with van der Waals surface area (Å²) in [6.07, 6.45) is -6.71. The van der Waals surface area contributed by atoms with Gasteiger partial charge in [-0.05, 0) is 35.7 Å². The fourth-order valence-electron chi connectivity index (χ4n) is 1.84. The molecule has 14 heteroatoms. The fraction of sp³-hybridized carbons (Fsp3) is 0.214. The van der Waals surface area contributed by atoms with E-state index in [2.05, 4.69) is 0 Å². The van der Waals surface area contributed by atoms with E-state index in [9.17, 15) is 43.9 Å². The van der Waals surface area contributed by atoms with E-state index in [1.54, 1.807) is 0 Å². The molecule has 0 aliphatic rings. The van der Waals surface area contributed by atoms with Crippen molar-refractivity contribution in [2.24, 2.45) is 0 Å². The maximum absolute atomic E-state index is 13.4. The van der Waals surface area contributed by atoms with E-state index >= 15 is 0 Å². The van der Waals surface area contributed by atoms with Crippen LogP contribution in [-0.2, 0) is 14.6 Å². The van der Waals surface area contributed by atoms with Crippen molar-refractivity contribution in [1.29, 1.82) is 0 Å². The van der Waals surface area contributed by atoms with Crippen molar-refractivity contribution in [1.82, 2.24) is 0 Å². The number of carbonyl (C=O) groups is 1. The van der Waals surface area contributed by atoms with Crippen LogP contribution in [0.4, 0.5) is 35.7 Å². The van der Waals surface area contributed by atoms with Crippen molar-refractivity contribution in [2.75, 3.05) is 5.32 Å². The first kappa shape index (κ1) is 22.4. The molecule has 0 saturated carbocycles.